The third-order valence-corrected chi connectivity index (χ3v) is 3.49. The van der Waals surface area contributed by atoms with E-state index < -0.39 is 0 Å². The summed E-state index contributed by atoms with van der Waals surface area (Å²) in [5.74, 6) is -0.334. The first-order valence-corrected chi connectivity index (χ1v) is 7.27. The molecule has 2 aromatic rings. The van der Waals surface area contributed by atoms with Crippen LogP contribution < -0.4 is 5.32 Å². The summed E-state index contributed by atoms with van der Waals surface area (Å²) >= 11 is 11.7. The van der Waals surface area contributed by atoms with Crippen molar-refractivity contribution in [3.8, 4) is 0 Å². The van der Waals surface area contributed by atoms with E-state index >= 15 is 0 Å². The molecular formula is C16H14Cl2N2O2. The summed E-state index contributed by atoms with van der Waals surface area (Å²) in [7, 11) is 0. The normalized spacial score (nSPS) is 10.7. The van der Waals surface area contributed by atoms with E-state index in [2.05, 4.69) is 10.5 Å². The Balaban J connectivity index is 1.80. The maximum Gasteiger partial charge on any atom is 0.265 e. The number of carbonyl (C=O) groups excluding carboxylic acids is 1. The topological polar surface area (TPSA) is 50.7 Å². The van der Waals surface area contributed by atoms with Crippen LogP contribution in [0.1, 0.15) is 11.1 Å². The van der Waals surface area contributed by atoms with E-state index in [-0.39, 0.29) is 12.5 Å². The first-order valence-electron chi connectivity index (χ1n) is 6.51. The highest BCUT2D eigenvalue weighted by atomic mass is 35.5. The Morgan fingerprint density at radius 3 is 2.59 bits per heavy atom. The fraction of sp³-hybridized carbons (Fsp3) is 0.125. The first-order chi connectivity index (χ1) is 10.5. The van der Waals surface area contributed by atoms with Gasteiger partial charge in [0.15, 0.2) is 6.61 Å². The molecule has 0 fully saturated rings. The summed E-state index contributed by atoms with van der Waals surface area (Å²) in [6.07, 6.45) is 1.55. The van der Waals surface area contributed by atoms with Crippen LogP contribution in [0.3, 0.4) is 0 Å². The molecule has 0 aliphatic heterocycles. The van der Waals surface area contributed by atoms with Gasteiger partial charge in [0.25, 0.3) is 5.91 Å². The lowest BCUT2D eigenvalue weighted by molar-refractivity contribution is -0.120. The second kappa shape index (κ2) is 7.82. The van der Waals surface area contributed by atoms with Crippen LogP contribution >= 0.6 is 23.2 Å². The molecule has 1 N–H and O–H groups in total. The number of nitrogens with zero attached hydrogens (tertiary/aromatic N) is 1. The van der Waals surface area contributed by atoms with Crippen LogP contribution in [0.4, 0.5) is 5.69 Å². The Bertz CT molecular complexity index is 685. The number of rotatable bonds is 5. The summed E-state index contributed by atoms with van der Waals surface area (Å²) in [5, 5.41) is 7.19. The number of hydrogen-bond acceptors (Lipinski definition) is 3. The van der Waals surface area contributed by atoms with Gasteiger partial charge in [0.1, 0.15) is 0 Å². The molecule has 4 nitrogen and oxygen atoms in total. The quantitative estimate of drug-likeness (QED) is 0.654. The maximum atomic E-state index is 11.7. The molecule has 1 amide bonds. The summed E-state index contributed by atoms with van der Waals surface area (Å²) in [6.45, 7) is 1.81. The van der Waals surface area contributed by atoms with Crippen LogP contribution in [0.15, 0.2) is 47.6 Å². The van der Waals surface area contributed by atoms with Crippen molar-refractivity contribution in [2.45, 2.75) is 6.92 Å². The number of nitrogens with one attached hydrogen (secondary N) is 1. The molecule has 0 aromatic heterocycles. The van der Waals surface area contributed by atoms with Crippen molar-refractivity contribution < 1.29 is 9.63 Å². The van der Waals surface area contributed by atoms with Gasteiger partial charge in [-0.25, -0.2) is 0 Å². The largest absolute Gasteiger partial charge is 0.386 e. The molecule has 2 aromatic carbocycles. The zero-order valence-corrected chi connectivity index (χ0v) is 13.4. The van der Waals surface area contributed by atoms with Gasteiger partial charge >= 0.3 is 0 Å². The predicted octanol–water partition coefficient (Wildman–Crippen LogP) is 4.29. The Kier molecular flexibility index (Phi) is 5.81. The molecule has 6 heteroatoms. The lowest BCUT2D eigenvalue weighted by Gasteiger charge is -2.05. The van der Waals surface area contributed by atoms with Crippen molar-refractivity contribution in [3.05, 3.63) is 63.6 Å². The molecule has 0 bridgehead atoms. The van der Waals surface area contributed by atoms with E-state index in [0.29, 0.717) is 15.7 Å². The maximum absolute atomic E-state index is 11.7. The van der Waals surface area contributed by atoms with Crippen LogP contribution in [-0.2, 0) is 9.63 Å². The van der Waals surface area contributed by atoms with Gasteiger partial charge in [-0.1, -0.05) is 58.2 Å². The molecule has 22 heavy (non-hydrogen) atoms. The minimum Gasteiger partial charge on any atom is -0.386 e. The van der Waals surface area contributed by atoms with Crippen molar-refractivity contribution in [3.63, 3.8) is 0 Å². The summed E-state index contributed by atoms with van der Waals surface area (Å²) < 4.78 is 0. The predicted molar refractivity (Wildman–Crippen MR) is 89.8 cm³/mol. The first kappa shape index (κ1) is 16.3. The lowest BCUT2D eigenvalue weighted by Crippen LogP contribution is -2.16. The molecule has 0 heterocycles. The van der Waals surface area contributed by atoms with E-state index in [1.165, 1.54) is 5.56 Å². The third-order valence-electron chi connectivity index (χ3n) is 2.75. The van der Waals surface area contributed by atoms with Crippen molar-refractivity contribution in [1.29, 1.82) is 0 Å². The van der Waals surface area contributed by atoms with E-state index in [4.69, 9.17) is 28.0 Å². The molecule has 114 valence electrons. The number of halogens is 2. The summed E-state index contributed by atoms with van der Waals surface area (Å²) in [5.41, 5.74) is 2.61. The van der Waals surface area contributed by atoms with Crippen LogP contribution in [0, 0.1) is 6.92 Å². The monoisotopic (exact) mass is 336 g/mol. The average Bonchev–Trinajstić information content (AvgIpc) is 2.49. The van der Waals surface area contributed by atoms with E-state index in [0.717, 1.165) is 5.56 Å². The minimum absolute atomic E-state index is 0.192. The van der Waals surface area contributed by atoms with E-state index in [1.807, 2.05) is 31.2 Å². The number of oxime groups is 1. The van der Waals surface area contributed by atoms with Crippen LogP contribution in [0.2, 0.25) is 10.0 Å². The molecule has 0 aliphatic carbocycles. The second-order valence-electron chi connectivity index (χ2n) is 4.60. The molecule has 0 aliphatic rings. The Hall–Kier alpha value is -2.04. The molecular weight excluding hydrogens is 323 g/mol. The Morgan fingerprint density at radius 2 is 1.91 bits per heavy atom. The zero-order chi connectivity index (χ0) is 15.9. The average molecular weight is 337 g/mol. The molecule has 0 radical (unpaired) electrons. The Morgan fingerprint density at radius 1 is 1.18 bits per heavy atom. The fourth-order valence-electron chi connectivity index (χ4n) is 1.62. The number of benzene rings is 2. The van der Waals surface area contributed by atoms with E-state index in [1.54, 1.807) is 24.4 Å². The standard InChI is InChI=1S/C16H14Cl2N2O2/c1-11-2-4-12(5-3-11)9-19-22-10-16(21)20-13-6-7-14(17)15(18)8-13/h2-9H,10H2,1H3,(H,20,21)/b19-9-. The fourth-order valence-corrected chi connectivity index (χ4v) is 1.92. The van der Waals surface area contributed by atoms with Gasteiger partial charge < -0.3 is 10.2 Å². The minimum atomic E-state index is -0.334. The molecule has 2 rings (SSSR count). The second-order valence-corrected chi connectivity index (χ2v) is 5.41. The van der Waals surface area contributed by atoms with Gasteiger partial charge in [-0.15, -0.1) is 0 Å². The Labute approximate surface area is 138 Å². The molecule has 0 atom stereocenters. The van der Waals surface area contributed by atoms with E-state index in [9.17, 15) is 4.79 Å². The van der Waals surface area contributed by atoms with Gasteiger partial charge in [-0.3, -0.25) is 4.79 Å². The summed E-state index contributed by atoms with van der Waals surface area (Å²) in [4.78, 5) is 16.6. The number of aryl methyl sites for hydroxylation is 1. The SMILES string of the molecule is Cc1ccc(/C=N\OCC(=O)Nc2ccc(Cl)c(Cl)c2)cc1. The smallest absolute Gasteiger partial charge is 0.265 e. The van der Waals surface area contributed by atoms with Crippen LogP contribution in [0.25, 0.3) is 0 Å². The van der Waals surface area contributed by atoms with Crippen molar-refractivity contribution in [2.75, 3.05) is 11.9 Å². The number of amides is 1. The third kappa shape index (κ3) is 5.06. The summed E-state index contributed by atoms with van der Waals surface area (Å²) in [6, 6.07) is 12.6. The molecule has 0 spiro atoms. The van der Waals surface area contributed by atoms with Gasteiger partial charge in [0.05, 0.1) is 16.3 Å². The number of carbonyl (C=O) groups is 1. The van der Waals surface area contributed by atoms with Crippen molar-refractivity contribution >= 4 is 41.0 Å². The molecule has 0 saturated heterocycles. The van der Waals surface area contributed by atoms with Gasteiger partial charge in [-0.05, 0) is 30.7 Å². The molecule has 0 unspecified atom stereocenters. The lowest BCUT2D eigenvalue weighted by atomic mass is 10.2. The van der Waals surface area contributed by atoms with Gasteiger partial charge in [-0.2, -0.15) is 0 Å². The highest BCUT2D eigenvalue weighted by Crippen LogP contribution is 2.24. The molecule has 0 saturated carbocycles. The number of anilines is 1. The zero-order valence-electron chi connectivity index (χ0n) is 11.8. The highest BCUT2D eigenvalue weighted by Gasteiger charge is 2.04. The van der Waals surface area contributed by atoms with Crippen LogP contribution in [0.5, 0.6) is 0 Å². The highest BCUT2D eigenvalue weighted by molar-refractivity contribution is 6.42. The van der Waals surface area contributed by atoms with Crippen molar-refractivity contribution in [1.82, 2.24) is 0 Å². The van der Waals surface area contributed by atoms with Crippen molar-refractivity contribution in [2.24, 2.45) is 5.16 Å². The van der Waals surface area contributed by atoms with Gasteiger partial charge in [0.2, 0.25) is 0 Å². The number of hydrogen-bond donors (Lipinski definition) is 1. The van der Waals surface area contributed by atoms with Gasteiger partial charge in [0, 0.05) is 5.69 Å². The van der Waals surface area contributed by atoms with Crippen LogP contribution in [-0.4, -0.2) is 18.7 Å².